The minimum atomic E-state index is -4.63. The lowest BCUT2D eigenvalue weighted by atomic mass is 10.1. The van der Waals surface area contributed by atoms with Crippen molar-refractivity contribution in [2.45, 2.75) is 193 Å². The summed E-state index contributed by atoms with van der Waals surface area (Å²) in [6.45, 7) is 4.14. The Labute approximate surface area is 350 Å². The van der Waals surface area contributed by atoms with E-state index in [0.29, 0.717) is 23.9 Å². The van der Waals surface area contributed by atoms with Gasteiger partial charge in [0.2, 0.25) is 0 Å². The van der Waals surface area contributed by atoms with E-state index in [1.165, 1.54) is 70.6 Å². The third kappa shape index (κ3) is 43.4. The Balaban J connectivity index is 4.35. The number of rotatable bonds is 41. The molecule has 0 saturated heterocycles. The molecule has 0 heterocycles. The number of unbranched alkanes of at least 4 members (excludes halogenated alkanes) is 19. The minimum Gasteiger partial charge on any atom is -0.756 e. The van der Waals surface area contributed by atoms with Crippen LogP contribution < -0.4 is 4.89 Å². The largest absolute Gasteiger partial charge is 0.756 e. The van der Waals surface area contributed by atoms with E-state index in [9.17, 15) is 19.0 Å². The molecule has 0 aromatic carbocycles. The SMILES string of the molecule is CCCC/C=C/C/C=C/CCCCCCCC(=O)OC[C@H](COP(=O)([O-])OCC[N+](C)(C)C)OC(=O)CCCCCCCCCCC/C=C/C/C=C/CCCCC. The Bertz CT molecular complexity index is 1110. The number of phosphoric ester groups is 1. The number of phosphoric acid groups is 1. The fourth-order valence-corrected chi connectivity index (χ4v) is 6.66. The number of carbonyl (C=O) groups excluding carboxylic acids is 2. The number of ether oxygens (including phenoxy) is 2. The minimum absolute atomic E-state index is 0.0353. The molecule has 2 atom stereocenters. The van der Waals surface area contributed by atoms with Crippen molar-refractivity contribution in [3.05, 3.63) is 48.6 Å². The Morgan fingerprint density at radius 1 is 0.544 bits per heavy atom. The molecule has 0 aliphatic carbocycles. The van der Waals surface area contributed by atoms with Crippen LogP contribution in [0.5, 0.6) is 0 Å². The normalized spacial score (nSPS) is 14.0. The molecule has 1 unspecified atom stereocenters. The molecule has 0 aromatic heterocycles. The van der Waals surface area contributed by atoms with E-state index in [0.717, 1.165) is 77.0 Å². The first kappa shape index (κ1) is 55.0. The Hall–Kier alpha value is -2.03. The molecule has 0 saturated carbocycles. The molecular weight excluding hydrogens is 737 g/mol. The first-order chi connectivity index (χ1) is 27.5. The number of quaternary nitrogens is 1. The van der Waals surface area contributed by atoms with Gasteiger partial charge in [0.25, 0.3) is 7.82 Å². The molecule has 332 valence electrons. The molecule has 0 aliphatic rings. The van der Waals surface area contributed by atoms with E-state index in [1.807, 2.05) is 21.1 Å². The van der Waals surface area contributed by atoms with Gasteiger partial charge in [0.15, 0.2) is 6.10 Å². The summed E-state index contributed by atoms with van der Waals surface area (Å²) in [7, 11) is 1.15. The van der Waals surface area contributed by atoms with Gasteiger partial charge < -0.3 is 27.9 Å². The van der Waals surface area contributed by atoms with Gasteiger partial charge in [-0.1, -0.05) is 152 Å². The van der Waals surface area contributed by atoms with Crippen LogP contribution in [0.15, 0.2) is 48.6 Å². The third-order valence-corrected chi connectivity index (χ3v) is 10.5. The lowest BCUT2D eigenvalue weighted by Gasteiger charge is -2.28. The van der Waals surface area contributed by atoms with Gasteiger partial charge in [-0.3, -0.25) is 14.2 Å². The summed E-state index contributed by atoms with van der Waals surface area (Å²) in [6, 6.07) is 0. The van der Waals surface area contributed by atoms with Crippen LogP contribution in [0.2, 0.25) is 0 Å². The molecule has 0 fully saturated rings. The average molecular weight is 824 g/mol. The van der Waals surface area contributed by atoms with Crippen LogP contribution in [0.3, 0.4) is 0 Å². The van der Waals surface area contributed by atoms with E-state index in [-0.39, 0.29) is 26.1 Å². The van der Waals surface area contributed by atoms with Gasteiger partial charge in [0, 0.05) is 12.8 Å². The third-order valence-electron chi connectivity index (χ3n) is 9.57. The zero-order chi connectivity index (χ0) is 42.1. The van der Waals surface area contributed by atoms with E-state index in [4.69, 9.17) is 18.5 Å². The summed E-state index contributed by atoms with van der Waals surface area (Å²) < 4.78 is 33.9. The predicted molar refractivity (Wildman–Crippen MR) is 236 cm³/mol. The molecule has 0 bridgehead atoms. The summed E-state index contributed by atoms with van der Waals surface area (Å²) >= 11 is 0. The van der Waals surface area contributed by atoms with Crippen LogP contribution in [0.4, 0.5) is 0 Å². The van der Waals surface area contributed by atoms with Crippen molar-refractivity contribution in [2.75, 3.05) is 47.5 Å². The van der Waals surface area contributed by atoms with Gasteiger partial charge in [-0.25, -0.2) is 0 Å². The van der Waals surface area contributed by atoms with Crippen molar-refractivity contribution in [3.63, 3.8) is 0 Å². The van der Waals surface area contributed by atoms with Gasteiger partial charge >= 0.3 is 11.9 Å². The molecule has 0 rings (SSSR count). The summed E-state index contributed by atoms with van der Waals surface area (Å²) in [4.78, 5) is 37.6. The molecular formula is C47H86NO8P. The predicted octanol–water partition coefficient (Wildman–Crippen LogP) is 12.4. The maximum absolute atomic E-state index is 12.7. The second-order valence-electron chi connectivity index (χ2n) is 16.4. The zero-order valence-electron chi connectivity index (χ0n) is 37.3. The standard InChI is InChI=1S/C47H86NO8P/c1-6-8-10-12-14-16-18-20-22-23-24-25-26-28-30-32-34-36-38-40-47(50)56-45(44-55-57(51,52)54-42-41-48(3,4)5)43-53-46(49)39-37-35-33-31-29-27-21-19-17-15-13-11-9-7-2/h13-16,19-22,45H,6-12,17-18,23-44H2,1-5H3/b15-13+,16-14+,21-19+,22-20+/t45-/m1/s1. The fraction of sp³-hybridized carbons (Fsp3) is 0.787. The summed E-state index contributed by atoms with van der Waals surface area (Å²) in [5, 5.41) is 0. The summed E-state index contributed by atoms with van der Waals surface area (Å²) in [5.74, 6) is -0.856. The van der Waals surface area contributed by atoms with Crippen molar-refractivity contribution < 1.29 is 42.1 Å². The van der Waals surface area contributed by atoms with Crippen LogP contribution in [-0.4, -0.2) is 70.0 Å². The number of hydrogen-bond acceptors (Lipinski definition) is 8. The Kier molecular flexibility index (Phi) is 38.0. The highest BCUT2D eigenvalue weighted by Crippen LogP contribution is 2.38. The molecule has 0 N–H and O–H groups in total. The van der Waals surface area contributed by atoms with E-state index < -0.39 is 32.5 Å². The second kappa shape index (κ2) is 39.4. The van der Waals surface area contributed by atoms with E-state index >= 15 is 0 Å². The highest BCUT2D eigenvalue weighted by molar-refractivity contribution is 7.45. The topological polar surface area (TPSA) is 111 Å². The van der Waals surface area contributed by atoms with Gasteiger partial charge in [0.1, 0.15) is 19.8 Å². The van der Waals surface area contributed by atoms with Gasteiger partial charge in [0.05, 0.1) is 27.7 Å². The maximum Gasteiger partial charge on any atom is 0.306 e. The molecule has 9 nitrogen and oxygen atoms in total. The number of carbonyl (C=O) groups is 2. The quantitative estimate of drug-likeness (QED) is 0.0197. The number of nitrogens with zero attached hydrogens (tertiary/aromatic N) is 1. The van der Waals surface area contributed by atoms with Crippen LogP contribution in [0.25, 0.3) is 0 Å². The molecule has 0 aromatic rings. The first-order valence-electron chi connectivity index (χ1n) is 22.8. The lowest BCUT2D eigenvalue weighted by Crippen LogP contribution is -2.37. The van der Waals surface area contributed by atoms with Gasteiger partial charge in [-0.2, -0.15) is 0 Å². The molecule has 0 spiro atoms. The molecule has 10 heteroatoms. The molecule has 0 radical (unpaired) electrons. The van der Waals surface area contributed by atoms with Crippen molar-refractivity contribution >= 4 is 19.8 Å². The van der Waals surface area contributed by atoms with Gasteiger partial charge in [-0.05, 0) is 70.6 Å². The summed E-state index contributed by atoms with van der Waals surface area (Å²) in [6.07, 6.45) is 45.6. The van der Waals surface area contributed by atoms with E-state index in [2.05, 4.69) is 62.5 Å². The second-order valence-corrected chi connectivity index (χ2v) is 17.8. The van der Waals surface area contributed by atoms with Crippen LogP contribution >= 0.6 is 7.82 Å². The van der Waals surface area contributed by atoms with Crippen molar-refractivity contribution in [1.29, 1.82) is 0 Å². The molecule has 0 amide bonds. The maximum atomic E-state index is 12.7. The number of esters is 2. The smallest absolute Gasteiger partial charge is 0.306 e. The first-order valence-corrected chi connectivity index (χ1v) is 24.3. The summed E-state index contributed by atoms with van der Waals surface area (Å²) in [5.41, 5.74) is 0. The molecule has 0 aliphatic heterocycles. The monoisotopic (exact) mass is 824 g/mol. The Morgan fingerprint density at radius 2 is 0.965 bits per heavy atom. The van der Waals surface area contributed by atoms with Crippen LogP contribution in [0.1, 0.15) is 187 Å². The van der Waals surface area contributed by atoms with Crippen molar-refractivity contribution in [1.82, 2.24) is 0 Å². The fourth-order valence-electron chi connectivity index (χ4n) is 5.94. The number of hydrogen-bond donors (Lipinski definition) is 0. The van der Waals surface area contributed by atoms with E-state index in [1.54, 1.807) is 0 Å². The van der Waals surface area contributed by atoms with Crippen molar-refractivity contribution in [2.24, 2.45) is 0 Å². The Morgan fingerprint density at radius 3 is 1.44 bits per heavy atom. The average Bonchev–Trinajstić information content (AvgIpc) is 3.16. The number of allylic oxidation sites excluding steroid dienone is 8. The lowest BCUT2D eigenvalue weighted by molar-refractivity contribution is -0.870. The highest BCUT2D eigenvalue weighted by Gasteiger charge is 2.21. The molecule has 57 heavy (non-hydrogen) atoms. The van der Waals surface area contributed by atoms with Gasteiger partial charge in [-0.15, -0.1) is 0 Å². The number of likely N-dealkylation sites (N-methyl/N-ethyl adjacent to an activating group) is 1. The zero-order valence-corrected chi connectivity index (χ0v) is 38.2. The van der Waals surface area contributed by atoms with Crippen LogP contribution in [0, 0.1) is 0 Å². The highest BCUT2D eigenvalue weighted by atomic mass is 31.2. The van der Waals surface area contributed by atoms with Crippen molar-refractivity contribution in [3.8, 4) is 0 Å². The van der Waals surface area contributed by atoms with Crippen LogP contribution in [-0.2, 0) is 32.7 Å².